The van der Waals surface area contributed by atoms with Gasteiger partial charge < -0.3 is 15.3 Å². The smallest absolute Gasteiger partial charge is 0.321 e. The highest BCUT2D eigenvalue weighted by molar-refractivity contribution is 5.89. The van der Waals surface area contributed by atoms with Crippen LogP contribution in [0.2, 0.25) is 0 Å². The van der Waals surface area contributed by atoms with Crippen LogP contribution < -0.4 is 5.32 Å². The first-order valence-corrected chi connectivity index (χ1v) is 7.08. The highest BCUT2D eigenvalue weighted by atomic mass is 19.1. The Balaban J connectivity index is 2.04. The molecule has 1 saturated carbocycles. The number of carbonyl (C=O) groups excluding carboxylic acids is 1. The Bertz CT molecular complexity index is 590. The van der Waals surface area contributed by atoms with Crippen molar-refractivity contribution in [3.8, 4) is 12.3 Å². The lowest BCUT2D eigenvalue weighted by atomic mass is 10.1. The van der Waals surface area contributed by atoms with Crippen molar-refractivity contribution in [3.05, 3.63) is 29.3 Å². The summed E-state index contributed by atoms with van der Waals surface area (Å²) in [4.78, 5) is 13.3. The molecule has 0 aliphatic heterocycles. The van der Waals surface area contributed by atoms with Gasteiger partial charge in [0.05, 0.1) is 6.10 Å². The lowest BCUT2D eigenvalue weighted by Gasteiger charge is -2.23. The summed E-state index contributed by atoms with van der Waals surface area (Å²) in [5.41, 5.74) is -0.460. The van der Waals surface area contributed by atoms with Crippen molar-refractivity contribution >= 4 is 11.7 Å². The maximum absolute atomic E-state index is 13.8. The Morgan fingerprint density at radius 3 is 2.59 bits per heavy atom. The molecule has 0 saturated heterocycles. The molecular formula is C16H18F2N2O2. The second kappa shape index (κ2) is 6.75. The zero-order valence-corrected chi connectivity index (χ0v) is 12.3. The fraction of sp³-hybridized carbons (Fsp3) is 0.438. The highest BCUT2D eigenvalue weighted by Gasteiger charge is 2.28. The number of amides is 2. The molecular weight excluding hydrogens is 290 g/mol. The number of nitrogens with zero attached hydrogens (tertiary/aromatic N) is 1. The normalized spacial score (nSPS) is 20.5. The van der Waals surface area contributed by atoms with Gasteiger partial charge >= 0.3 is 6.03 Å². The Labute approximate surface area is 128 Å². The largest absolute Gasteiger partial charge is 0.393 e. The molecule has 0 radical (unpaired) electrons. The SMILES string of the molecule is C#Cc1cc(F)c(NC(=O)N(C)CC2CCCC2O)c(F)c1. The molecule has 1 aliphatic carbocycles. The molecule has 0 heterocycles. The van der Waals surface area contributed by atoms with Crippen molar-refractivity contribution in [1.82, 2.24) is 4.90 Å². The van der Waals surface area contributed by atoms with E-state index >= 15 is 0 Å². The number of hydrogen-bond donors (Lipinski definition) is 2. The third kappa shape index (κ3) is 3.55. The molecule has 2 unspecified atom stereocenters. The first-order valence-electron chi connectivity index (χ1n) is 7.08. The number of nitrogens with one attached hydrogen (secondary N) is 1. The Kier molecular flexibility index (Phi) is 4.99. The maximum atomic E-state index is 13.8. The van der Waals surface area contributed by atoms with Crippen molar-refractivity contribution in [2.24, 2.45) is 5.92 Å². The molecule has 2 atom stereocenters. The quantitative estimate of drug-likeness (QED) is 0.843. The minimum atomic E-state index is -0.921. The molecule has 22 heavy (non-hydrogen) atoms. The van der Waals surface area contributed by atoms with E-state index in [0.717, 1.165) is 31.4 Å². The van der Waals surface area contributed by atoms with E-state index in [-0.39, 0.29) is 11.5 Å². The van der Waals surface area contributed by atoms with E-state index in [2.05, 4.69) is 11.2 Å². The van der Waals surface area contributed by atoms with Gasteiger partial charge in [0.15, 0.2) is 11.6 Å². The Morgan fingerprint density at radius 1 is 1.45 bits per heavy atom. The molecule has 2 amide bonds. The summed E-state index contributed by atoms with van der Waals surface area (Å²) in [6, 6.07) is 1.34. The van der Waals surface area contributed by atoms with Gasteiger partial charge in [-0.15, -0.1) is 6.42 Å². The number of terminal acetylenes is 1. The average Bonchev–Trinajstić information content (AvgIpc) is 2.87. The zero-order chi connectivity index (χ0) is 16.3. The monoisotopic (exact) mass is 308 g/mol. The second-order valence-corrected chi connectivity index (χ2v) is 5.53. The van der Waals surface area contributed by atoms with Gasteiger partial charge in [0, 0.05) is 25.1 Å². The standard InChI is InChI=1S/C16H18F2N2O2/c1-3-10-7-12(17)15(13(18)8-10)19-16(22)20(2)9-11-5-4-6-14(11)21/h1,7-8,11,14,21H,4-6,9H2,2H3,(H,19,22). The van der Waals surface area contributed by atoms with Gasteiger partial charge in [0.2, 0.25) is 0 Å². The zero-order valence-electron chi connectivity index (χ0n) is 12.3. The minimum absolute atomic E-state index is 0.00531. The van der Waals surface area contributed by atoms with Crippen molar-refractivity contribution in [3.63, 3.8) is 0 Å². The van der Waals surface area contributed by atoms with Crippen molar-refractivity contribution in [2.75, 3.05) is 18.9 Å². The average molecular weight is 308 g/mol. The molecule has 1 aliphatic rings. The third-order valence-corrected chi connectivity index (χ3v) is 3.91. The fourth-order valence-electron chi connectivity index (χ4n) is 2.64. The van der Waals surface area contributed by atoms with Crippen molar-refractivity contribution < 1.29 is 18.7 Å². The summed E-state index contributed by atoms with van der Waals surface area (Å²) < 4.78 is 27.6. The predicted octanol–water partition coefficient (Wildman–Crippen LogP) is 2.57. The Hall–Kier alpha value is -2.13. The van der Waals surface area contributed by atoms with Crippen LogP contribution in [0.3, 0.4) is 0 Å². The number of benzene rings is 1. The van der Waals surface area contributed by atoms with Gasteiger partial charge in [-0.3, -0.25) is 0 Å². The van der Waals surface area contributed by atoms with Gasteiger partial charge in [0.25, 0.3) is 0 Å². The van der Waals surface area contributed by atoms with E-state index in [9.17, 15) is 18.7 Å². The highest BCUT2D eigenvalue weighted by Crippen LogP contribution is 2.26. The van der Waals surface area contributed by atoms with E-state index in [1.54, 1.807) is 0 Å². The van der Waals surface area contributed by atoms with Crippen molar-refractivity contribution in [1.29, 1.82) is 0 Å². The number of aliphatic hydroxyl groups is 1. The van der Waals surface area contributed by atoms with Crippen LogP contribution in [0.5, 0.6) is 0 Å². The molecule has 2 N–H and O–H groups in total. The number of hydrogen-bond acceptors (Lipinski definition) is 2. The summed E-state index contributed by atoms with van der Waals surface area (Å²) in [5, 5.41) is 12.0. The van der Waals surface area contributed by atoms with E-state index in [4.69, 9.17) is 6.42 Å². The third-order valence-electron chi connectivity index (χ3n) is 3.91. The second-order valence-electron chi connectivity index (χ2n) is 5.53. The summed E-state index contributed by atoms with van der Waals surface area (Å²) in [5.74, 6) is 0.287. The van der Waals surface area contributed by atoms with Gasteiger partial charge in [0.1, 0.15) is 5.69 Å². The number of urea groups is 1. The number of halogens is 2. The first kappa shape index (κ1) is 16.2. The molecule has 4 nitrogen and oxygen atoms in total. The van der Waals surface area contributed by atoms with Gasteiger partial charge in [-0.25, -0.2) is 13.6 Å². The number of rotatable bonds is 3. The van der Waals surface area contributed by atoms with Gasteiger partial charge in [-0.1, -0.05) is 12.3 Å². The van der Waals surface area contributed by atoms with Crippen LogP contribution >= 0.6 is 0 Å². The number of carbonyl (C=O) groups is 1. The van der Waals surface area contributed by atoms with Crippen LogP contribution in [0.25, 0.3) is 0 Å². The maximum Gasteiger partial charge on any atom is 0.321 e. The molecule has 0 bridgehead atoms. The lowest BCUT2D eigenvalue weighted by molar-refractivity contribution is 0.116. The number of anilines is 1. The van der Waals surface area contributed by atoms with E-state index < -0.39 is 29.5 Å². The predicted molar refractivity (Wildman–Crippen MR) is 79.3 cm³/mol. The summed E-state index contributed by atoms with van der Waals surface area (Å²) >= 11 is 0. The molecule has 1 fully saturated rings. The van der Waals surface area contributed by atoms with Crippen LogP contribution in [0, 0.1) is 29.9 Å². The van der Waals surface area contributed by atoms with E-state index in [1.807, 2.05) is 0 Å². The first-order chi connectivity index (χ1) is 10.4. The molecule has 2 rings (SSSR count). The van der Waals surface area contributed by atoms with Gasteiger partial charge in [-0.05, 0) is 25.0 Å². The van der Waals surface area contributed by atoms with Crippen LogP contribution in [0.15, 0.2) is 12.1 Å². The molecule has 1 aromatic carbocycles. The van der Waals surface area contributed by atoms with Crippen LogP contribution in [0.4, 0.5) is 19.3 Å². The summed E-state index contributed by atoms with van der Waals surface area (Å²) in [6.45, 7) is 0.332. The molecule has 6 heteroatoms. The molecule has 118 valence electrons. The lowest BCUT2D eigenvalue weighted by Crippen LogP contribution is -2.37. The topological polar surface area (TPSA) is 52.6 Å². The summed E-state index contributed by atoms with van der Waals surface area (Å²) in [6.07, 6.45) is 7.12. The molecule has 0 spiro atoms. The van der Waals surface area contributed by atoms with Crippen LogP contribution in [-0.2, 0) is 0 Å². The van der Waals surface area contributed by atoms with E-state index in [1.165, 1.54) is 11.9 Å². The van der Waals surface area contributed by atoms with Crippen LogP contribution in [-0.4, -0.2) is 35.7 Å². The van der Waals surface area contributed by atoms with Gasteiger partial charge in [-0.2, -0.15) is 0 Å². The molecule has 1 aromatic rings. The van der Waals surface area contributed by atoms with Crippen LogP contribution in [0.1, 0.15) is 24.8 Å². The number of aliphatic hydroxyl groups excluding tert-OH is 1. The minimum Gasteiger partial charge on any atom is -0.393 e. The van der Waals surface area contributed by atoms with Crippen molar-refractivity contribution in [2.45, 2.75) is 25.4 Å². The molecule has 0 aromatic heterocycles. The summed E-state index contributed by atoms with van der Waals surface area (Å²) in [7, 11) is 1.52. The van der Waals surface area contributed by atoms with E-state index in [0.29, 0.717) is 6.54 Å². The fourth-order valence-corrected chi connectivity index (χ4v) is 2.64. The Morgan fingerprint density at radius 2 is 2.09 bits per heavy atom.